The van der Waals surface area contributed by atoms with Crippen molar-refractivity contribution in [3.63, 3.8) is 0 Å². The summed E-state index contributed by atoms with van der Waals surface area (Å²) >= 11 is 5.03. The van der Waals surface area contributed by atoms with Crippen molar-refractivity contribution in [2.24, 2.45) is 0 Å². The fourth-order valence-corrected chi connectivity index (χ4v) is 2.21. The van der Waals surface area contributed by atoms with Crippen molar-refractivity contribution in [3.8, 4) is 11.5 Å². The van der Waals surface area contributed by atoms with Gasteiger partial charge in [-0.25, -0.2) is 0 Å². The lowest BCUT2D eigenvalue weighted by Gasteiger charge is -2.26. The van der Waals surface area contributed by atoms with Gasteiger partial charge in [0, 0.05) is 6.42 Å². The summed E-state index contributed by atoms with van der Waals surface area (Å²) in [6, 6.07) is 6.06. The van der Waals surface area contributed by atoms with E-state index in [1.807, 2.05) is 12.1 Å². The molecule has 0 bridgehead atoms. The van der Waals surface area contributed by atoms with E-state index >= 15 is 0 Å². The second kappa shape index (κ2) is 6.58. The van der Waals surface area contributed by atoms with Gasteiger partial charge < -0.3 is 25.0 Å². The van der Waals surface area contributed by atoms with E-state index in [0.29, 0.717) is 0 Å². The highest BCUT2D eigenvalue weighted by Gasteiger charge is 2.15. The van der Waals surface area contributed by atoms with Crippen LogP contribution in [0.15, 0.2) is 18.2 Å². The summed E-state index contributed by atoms with van der Waals surface area (Å²) in [5.74, 6) is 1.55. The molecule has 3 N–H and O–H groups in total. The van der Waals surface area contributed by atoms with E-state index in [1.165, 1.54) is 10.5 Å². The van der Waals surface area contributed by atoms with Crippen LogP contribution in [0.3, 0.4) is 0 Å². The Morgan fingerprint density at radius 1 is 1.16 bits per heavy atom. The van der Waals surface area contributed by atoms with Gasteiger partial charge in [-0.3, -0.25) is 0 Å². The first kappa shape index (κ1) is 13.9. The molecule has 1 saturated heterocycles. The number of benzene rings is 1. The Morgan fingerprint density at radius 3 is 2.47 bits per heavy atom. The average Bonchev–Trinajstić information content (AvgIpc) is 2.46. The first-order chi connectivity index (χ1) is 9.22. The molecule has 1 aliphatic heterocycles. The molecule has 1 heterocycles. The van der Waals surface area contributed by atoms with Crippen molar-refractivity contribution in [1.29, 1.82) is 0 Å². The topological polar surface area (TPSA) is 47.0 Å². The first-order valence-corrected chi connectivity index (χ1v) is 6.70. The summed E-state index contributed by atoms with van der Waals surface area (Å²) in [6.45, 7) is 2.79. The molecule has 19 heavy (non-hydrogen) atoms. The van der Waals surface area contributed by atoms with E-state index in [4.69, 9.17) is 21.7 Å². The van der Waals surface area contributed by atoms with Crippen molar-refractivity contribution in [2.75, 3.05) is 34.1 Å². The molecule has 0 atom stereocenters. The smallest absolute Gasteiger partial charge is 0.174 e. The van der Waals surface area contributed by atoms with Gasteiger partial charge in [-0.2, -0.15) is 0 Å². The SMILES string of the molecule is COc1ccc(CC[NH+]2CNC(=S)NC2)cc1OC. The molecule has 0 radical (unpaired) electrons. The Morgan fingerprint density at radius 2 is 1.84 bits per heavy atom. The van der Waals surface area contributed by atoms with Crippen LogP contribution in [-0.4, -0.2) is 39.2 Å². The maximum atomic E-state index is 5.31. The van der Waals surface area contributed by atoms with Gasteiger partial charge in [0.1, 0.15) is 0 Å². The quantitative estimate of drug-likeness (QED) is 0.637. The van der Waals surface area contributed by atoms with Crippen LogP contribution in [-0.2, 0) is 6.42 Å². The Labute approximate surface area is 118 Å². The Hall–Kier alpha value is -1.53. The highest BCUT2D eigenvalue weighted by Crippen LogP contribution is 2.27. The fraction of sp³-hybridized carbons (Fsp3) is 0.462. The maximum absolute atomic E-state index is 5.31. The van der Waals surface area contributed by atoms with Crippen LogP contribution >= 0.6 is 12.2 Å². The molecule has 0 aromatic heterocycles. The number of rotatable bonds is 5. The van der Waals surface area contributed by atoms with Gasteiger partial charge in [-0.1, -0.05) is 6.07 Å². The zero-order chi connectivity index (χ0) is 13.7. The molecular weight excluding hydrogens is 262 g/mol. The number of hydrogen-bond donors (Lipinski definition) is 3. The number of hydrogen-bond acceptors (Lipinski definition) is 3. The molecule has 5 nitrogen and oxygen atoms in total. The van der Waals surface area contributed by atoms with Crippen molar-refractivity contribution >= 4 is 17.3 Å². The number of thiocarbonyl (C=S) groups is 1. The summed E-state index contributed by atoms with van der Waals surface area (Å²) in [7, 11) is 3.31. The van der Waals surface area contributed by atoms with Gasteiger partial charge in [0.15, 0.2) is 29.9 Å². The van der Waals surface area contributed by atoms with Crippen LogP contribution in [0.1, 0.15) is 5.56 Å². The third kappa shape index (κ3) is 3.71. The summed E-state index contributed by atoms with van der Waals surface area (Å²) in [5, 5.41) is 7.04. The largest absolute Gasteiger partial charge is 0.493 e. The number of methoxy groups -OCH3 is 2. The van der Waals surface area contributed by atoms with Gasteiger partial charge in [0.05, 0.1) is 20.8 Å². The molecule has 0 spiro atoms. The third-order valence-electron chi connectivity index (χ3n) is 3.21. The minimum Gasteiger partial charge on any atom is -0.493 e. The Bertz CT molecular complexity index is 444. The summed E-state index contributed by atoms with van der Waals surface area (Å²) in [5.41, 5.74) is 1.25. The molecule has 0 aliphatic carbocycles. The van der Waals surface area contributed by atoms with Gasteiger partial charge in [0.25, 0.3) is 0 Å². The first-order valence-electron chi connectivity index (χ1n) is 6.29. The van der Waals surface area contributed by atoms with Crippen LogP contribution < -0.4 is 25.0 Å². The van der Waals surface area contributed by atoms with Crippen molar-refractivity contribution in [3.05, 3.63) is 23.8 Å². The summed E-state index contributed by atoms with van der Waals surface area (Å²) < 4.78 is 10.5. The van der Waals surface area contributed by atoms with E-state index < -0.39 is 0 Å². The number of quaternary nitrogens is 1. The van der Waals surface area contributed by atoms with Crippen molar-refractivity contribution in [1.82, 2.24) is 10.6 Å². The molecule has 1 aromatic rings. The molecule has 1 aliphatic rings. The zero-order valence-corrected chi connectivity index (χ0v) is 12.1. The lowest BCUT2D eigenvalue weighted by atomic mass is 10.1. The second-order valence-corrected chi connectivity index (χ2v) is 4.88. The molecule has 6 heteroatoms. The van der Waals surface area contributed by atoms with Crippen LogP contribution in [0.25, 0.3) is 0 Å². The average molecular weight is 282 g/mol. The lowest BCUT2D eigenvalue weighted by molar-refractivity contribution is -0.906. The predicted molar refractivity (Wildman–Crippen MR) is 77.7 cm³/mol. The molecule has 0 unspecified atom stereocenters. The van der Waals surface area contributed by atoms with E-state index in [9.17, 15) is 0 Å². The molecule has 0 amide bonds. The molecular formula is C13H20N3O2S+. The van der Waals surface area contributed by atoms with E-state index in [0.717, 1.165) is 42.9 Å². The van der Waals surface area contributed by atoms with Crippen LogP contribution in [0, 0.1) is 0 Å². The molecule has 1 fully saturated rings. The number of nitrogens with one attached hydrogen (secondary N) is 3. The Kier molecular flexibility index (Phi) is 4.81. The summed E-state index contributed by atoms with van der Waals surface area (Å²) in [6.07, 6.45) is 0.992. The molecule has 104 valence electrons. The van der Waals surface area contributed by atoms with Gasteiger partial charge in [-0.05, 0) is 29.9 Å². The monoisotopic (exact) mass is 282 g/mol. The lowest BCUT2D eigenvalue weighted by Crippen LogP contribution is -3.17. The van der Waals surface area contributed by atoms with Gasteiger partial charge in [-0.15, -0.1) is 0 Å². The highest BCUT2D eigenvalue weighted by molar-refractivity contribution is 7.80. The predicted octanol–water partition coefficient (Wildman–Crippen LogP) is -0.476. The van der Waals surface area contributed by atoms with Crippen LogP contribution in [0.2, 0.25) is 0 Å². The highest BCUT2D eigenvalue weighted by atomic mass is 32.1. The molecule has 2 rings (SSSR count). The minimum atomic E-state index is 0.745. The second-order valence-electron chi connectivity index (χ2n) is 4.48. The normalized spacial score (nSPS) is 15.6. The molecule has 1 aromatic carbocycles. The minimum absolute atomic E-state index is 0.745. The van der Waals surface area contributed by atoms with Crippen molar-refractivity contribution in [2.45, 2.75) is 6.42 Å². The number of ether oxygens (including phenoxy) is 2. The van der Waals surface area contributed by atoms with E-state index in [-0.39, 0.29) is 0 Å². The standard InChI is InChI=1S/C13H19N3O2S/c1-17-11-4-3-10(7-12(11)18-2)5-6-16-8-14-13(19)15-9-16/h3-4,7H,5-6,8-9H2,1-2H3,(H2,14,15,19)/p+1. The summed E-state index contributed by atoms with van der Waals surface area (Å²) in [4.78, 5) is 1.43. The molecule has 0 saturated carbocycles. The van der Waals surface area contributed by atoms with E-state index in [1.54, 1.807) is 14.2 Å². The van der Waals surface area contributed by atoms with Crippen LogP contribution in [0.5, 0.6) is 11.5 Å². The van der Waals surface area contributed by atoms with Crippen molar-refractivity contribution < 1.29 is 14.4 Å². The third-order valence-corrected chi connectivity index (χ3v) is 3.50. The Balaban J connectivity index is 1.90. The van der Waals surface area contributed by atoms with E-state index in [2.05, 4.69) is 16.7 Å². The fourth-order valence-electron chi connectivity index (χ4n) is 2.07. The zero-order valence-electron chi connectivity index (χ0n) is 11.3. The maximum Gasteiger partial charge on any atom is 0.174 e. The van der Waals surface area contributed by atoms with Gasteiger partial charge >= 0.3 is 0 Å². The van der Waals surface area contributed by atoms with Crippen LogP contribution in [0.4, 0.5) is 0 Å². The van der Waals surface area contributed by atoms with Gasteiger partial charge in [0.2, 0.25) is 0 Å².